The molecule has 0 fully saturated rings. The molecular weight excluding hydrogens is 584 g/mol. The molecule has 8 heteroatoms. The average Bonchev–Trinajstić information content (AvgIpc) is 3.08. The molecule has 0 aliphatic heterocycles. The van der Waals surface area contributed by atoms with Crippen molar-refractivity contribution < 1.29 is 22.7 Å². The van der Waals surface area contributed by atoms with Gasteiger partial charge in [0.05, 0.1) is 21.2 Å². The zero-order chi connectivity index (χ0) is 31.6. The van der Waals surface area contributed by atoms with Gasteiger partial charge in [0.25, 0.3) is 0 Å². The van der Waals surface area contributed by atoms with Crippen LogP contribution in [0.1, 0.15) is 15.9 Å². The quantitative estimate of drug-likeness (QED) is 0.131. The summed E-state index contributed by atoms with van der Waals surface area (Å²) in [5.74, 6) is 2.13. The molecule has 0 saturated heterocycles. The topological polar surface area (TPSA) is 122 Å². The van der Waals surface area contributed by atoms with E-state index in [9.17, 15) is 13.2 Å². The van der Waals surface area contributed by atoms with E-state index in [-0.39, 0.29) is 5.78 Å². The van der Waals surface area contributed by atoms with Crippen LogP contribution in [-0.2, 0) is 9.84 Å². The third-order valence-corrected chi connectivity index (χ3v) is 8.38. The number of hydrogen-bond acceptors (Lipinski definition) is 7. The molecule has 45 heavy (non-hydrogen) atoms. The molecule has 0 spiro atoms. The van der Waals surface area contributed by atoms with Crippen LogP contribution >= 0.6 is 0 Å². The highest BCUT2D eigenvalue weighted by Crippen LogP contribution is 2.31. The highest BCUT2D eigenvalue weighted by molar-refractivity contribution is 7.91. The first kappa shape index (κ1) is 30.6. The van der Waals surface area contributed by atoms with E-state index in [0.29, 0.717) is 55.3 Å². The number of rotatable bonds is 8. The minimum Gasteiger partial charge on any atom is -0.455 e. The first-order chi connectivity index (χ1) is 21.8. The van der Waals surface area contributed by atoms with Crippen molar-refractivity contribution in [3.05, 3.63) is 169 Å². The second-order valence-electron chi connectivity index (χ2n) is 9.79. The minimum absolute atomic E-state index is 0.189. The molecule has 224 valence electrons. The molecule has 6 aromatic carbocycles. The molecular formula is C37H30N2O5S. The van der Waals surface area contributed by atoms with Crippen LogP contribution in [0.4, 0.5) is 11.4 Å². The lowest BCUT2D eigenvalue weighted by Gasteiger charge is -2.11. The first-order valence-electron chi connectivity index (χ1n) is 14.0. The van der Waals surface area contributed by atoms with Crippen molar-refractivity contribution in [3.63, 3.8) is 0 Å². The molecule has 0 atom stereocenters. The van der Waals surface area contributed by atoms with Gasteiger partial charge in [-0.05, 0) is 84.9 Å². The Bertz CT molecular complexity index is 1850. The van der Waals surface area contributed by atoms with E-state index < -0.39 is 9.84 Å². The van der Waals surface area contributed by atoms with Gasteiger partial charge < -0.3 is 20.9 Å². The first-order valence-corrected chi connectivity index (χ1v) is 15.4. The average molecular weight is 615 g/mol. The van der Waals surface area contributed by atoms with Crippen LogP contribution in [0.25, 0.3) is 0 Å². The van der Waals surface area contributed by atoms with Crippen molar-refractivity contribution in [2.45, 2.75) is 9.79 Å². The predicted molar refractivity (Wildman–Crippen MR) is 177 cm³/mol. The van der Waals surface area contributed by atoms with Crippen LogP contribution in [0.2, 0.25) is 0 Å². The van der Waals surface area contributed by atoms with Gasteiger partial charge >= 0.3 is 0 Å². The fourth-order valence-corrected chi connectivity index (χ4v) is 5.60. The highest BCUT2D eigenvalue weighted by Gasteiger charge is 2.16. The molecule has 7 nitrogen and oxygen atoms in total. The van der Waals surface area contributed by atoms with Gasteiger partial charge in [-0.3, -0.25) is 4.79 Å². The van der Waals surface area contributed by atoms with Crippen molar-refractivity contribution in [2.75, 3.05) is 11.5 Å². The van der Waals surface area contributed by atoms with E-state index in [2.05, 4.69) is 0 Å². The Kier molecular flexibility index (Phi) is 9.57. The Morgan fingerprint density at radius 3 is 1.13 bits per heavy atom. The number of para-hydroxylation sites is 2. The van der Waals surface area contributed by atoms with Crippen molar-refractivity contribution in [2.24, 2.45) is 0 Å². The van der Waals surface area contributed by atoms with Gasteiger partial charge in [0, 0.05) is 11.1 Å². The van der Waals surface area contributed by atoms with Gasteiger partial charge in [-0.1, -0.05) is 72.8 Å². The number of benzene rings is 6. The van der Waals surface area contributed by atoms with E-state index in [1.165, 1.54) is 0 Å². The monoisotopic (exact) mass is 614 g/mol. The molecule has 0 unspecified atom stereocenters. The lowest BCUT2D eigenvalue weighted by molar-refractivity contribution is 0.103. The van der Waals surface area contributed by atoms with Crippen LogP contribution in [0, 0.1) is 0 Å². The van der Waals surface area contributed by atoms with Crippen LogP contribution in [0.15, 0.2) is 168 Å². The van der Waals surface area contributed by atoms with Gasteiger partial charge in [0.2, 0.25) is 9.84 Å². The Morgan fingerprint density at radius 1 is 0.467 bits per heavy atom. The number of ketones is 1. The Balaban J connectivity index is 0.000000223. The number of anilines is 2. The Hall–Kier alpha value is -5.86. The van der Waals surface area contributed by atoms with Crippen LogP contribution in [0.3, 0.4) is 0 Å². The van der Waals surface area contributed by atoms with Crippen molar-refractivity contribution in [3.8, 4) is 23.0 Å². The summed E-state index contributed by atoms with van der Waals surface area (Å²) in [7, 11) is -3.34. The van der Waals surface area contributed by atoms with Crippen molar-refractivity contribution in [1.82, 2.24) is 0 Å². The maximum absolute atomic E-state index is 12.9. The zero-order valence-electron chi connectivity index (χ0n) is 24.1. The van der Waals surface area contributed by atoms with E-state index in [1.54, 1.807) is 97.1 Å². The van der Waals surface area contributed by atoms with Gasteiger partial charge in [0.1, 0.15) is 23.0 Å². The Morgan fingerprint density at radius 2 is 0.800 bits per heavy atom. The molecule has 0 heterocycles. The summed E-state index contributed by atoms with van der Waals surface area (Å²) in [5, 5.41) is 0. The number of ether oxygens (including phenoxy) is 2. The van der Waals surface area contributed by atoms with Gasteiger partial charge in [0.15, 0.2) is 5.78 Å². The molecule has 0 aliphatic rings. The smallest absolute Gasteiger partial charge is 0.206 e. The fraction of sp³-hybridized carbons (Fsp3) is 0. The summed E-state index contributed by atoms with van der Waals surface area (Å²) in [4.78, 5) is 13.6. The van der Waals surface area contributed by atoms with Crippen molar-refractivity contribution in [1.29, 1.82) is 0 Å². The summed E-state index contributed by atoms with van der Waals surface area (Å²) in [6, 6.07) is 45.4. The van der Waals surface area contributed by atoms with Gasteiger partial charge in [-0.15, -0.1) is 0 Å². The van der Waals surface area contributed by atoms with Crippen molar-refractivity contribution >= 4 is 27.0 Å². The summed E-state index contributed by atoms with van der Waals surface area (Å²) in [5.41, 5.74) is 13.9. The van der Waals surface area contributed by atoms with Crippen LogP contribution < -0.4 is 20.9 Å². The largest absolute Gasteiger partial charge is 0.455 e. The van der Waals surface area contributed by atoms with Gasteiger partial charge in [-0.2, -0.15) is 0 Å². The molecule has 4 N–H and O–H groups in total. The third-order valence-electron chi connectivity index (χ3n) is 6.59. The lowest BCUT2D eigenvalue weighted by atomic mass is 10.0. The maximum atomic E-state index is 12.9. The fourth-order valence-electron chi connectivity index (χ4n) is 4.30. The molecule has 0 saturated carbocycles. The SMILES string of the molecule is Nc1cc(C(=O)c2ccc(Oc3ccccc3)c(N)c2)ccc1Oc1ccccc1.O=S(=O)(c1ccccc1)c1ccccc1. The molecule has 0 aromatic heterocycles. The van der Waals surface area contributed by atoms with E-state index >= 15 is 0 Å². The standard InChI is InChI=1S/C25H20N2O3.C12H10O2S/c26-21-15-17(11-13-23(21)29-19-7-3-1-4-8-19)25(28)18-12-14-24(22(27)16-18)30-20-9-5-2-6-10-20;13-15(14,11-7-3-1-4-8-11)12-9-5-2-6-10-12/h1-16H,26-27H2;1-10H. The number of nitrogens with two attached hydrogens (primary N) is 2. The number of hydrogen-bond donors (Lipinski definition) is 2. The summed E-state index contributed by atoms with van der Waals surface area (Å²) in [6.45, 7) is 0. The third kappa shape index (κ3) is 7.76. The number of nitrogen functional groups attached to an aromatic ring is 2. The predicted octanol–water partition coefficient (Wildman–Crippen LogP) is 8.19. The summed E-state index contributed by atoms with van der Waals surface area (Å²) >= 11 is 0. The summed E-state index contributed by atoms with van der Waals surface area (Å²) in [6.07, 6.45) is 0. The molecule has 6 rings (SSSR count). The number of carbonyl (C=O) groups is 1. The molecule has 6 aromatic rings. The molecule has 0 aliphatic carbocycles. The molecule has 0 amide bonds. The highest BCUT2D eigenvalue weighted by atomic mass is 32.2. The normalized spacial score (nSPS) is 10.7. The molecule has 0 radical (unpaired) electrons. The lowest BCUT2D eigenvalue weighted by Crippen LogP contribution is -2.04. The zero-order valence-corrected chi connectivity index (χ0v) is 24.9. The van der Waals surface area contributed by atoms with E-state index in [0.717, 1.165) is 0 Å². The second-order valence-corrected chi connectivity index (χ2v) is 11.7. The van der Waals surface area contributed by atoms with E-state index in [4.69, 9.17) is 20.9 Å². The van der Waals surface area contributed by atoms with Crippen LogP contribution in [0.5, 0.6) is 23.0 Å². The summed E-state index contributed by atoms with van der Waals surface area (Å²) < 4.78 is 35.6. The maximum Gasteiger partial charge on any atom is 0.206 e. The molecule has 0 bridgehead atoms. The number of sulfone groups is 1. The minimum atomic E-state index is -3.34. The van der Waals surface area contributed by atoms with Gasteiger partial charge in [-0.25, -0.2) is 8.42 Å². The van der Waals surface area contributed by atoms with E-state index in [1.807, 2.05) is 60.7 Å². The van der Waals surface area contributed by atoms with Crippen LogP contribution in [-0.4, -0.2) is 14.2 Å². The Labute approximate surface area is 262 Å². The second kappa shape index (κ2) is 14.1. The number of carbonyl (C=O) groups excluding carboxylic acids is 1.